The van der Waals surface area contributed by atoms with Gasteiger partial charge < -0.3 is 19.4 Å². The number of furan rings is 1. The maximum atomic E-state index is 12.6. The largest absolute Gasteiger partial charge is 0.463 e. The average Bonchev–Trinajstić information content (AvgIpc) is 3.21. The molecule has 8 nitrogen and oxygen atoms in total. The van der Waals surface area contributed by atoms with Gasteiger partial charge in [0, 0.05) is 18.8 Å². The van der Waals surface area contributed by atoms with E-state index in [0.29, 0.717) is 38.5 Å². The molecule has 1 aliphatic rings. The average molecular weight is 409 g/mol. The molecule has 152 valence electrons. The molecule has 2 aromatic rings. The molecular formula is C19H26N3O5S+. The molecule has 0 aliphatic carbocycles. The number of likely N-dealkylation sites (N-methyl/N-ethyl adjacent to an activating group) is 1. The maximum Gasteiger partial charge on any atom is 0.282 e. The fraction of sp³-hybridized carbons (Fsp3) is 0.421. The van der Waals surface area contributed by atoms with Crippen LogP contribution in [-0.2, 0) is 26.1 Å². The van der Waals surface area contributed by atoms with Gasteiger partial charge in [-0.25, -0.2) is 8.42 Å². The highest BCUT2D eigenvalue weighted by atomic mass is 32.2. The lowest BCUT2D eigenvalue weighted by Crippen LogP contribution is -3.12. The summed E-state index contributed by atoms with van der Waals surface area (Å²) in [5.74, 6) is 0.669. The van der Waals surface area contributed by atoms with E-state index in [-0.39, 0.29) is 16.8 Å². The number of carbonyl (C=O) groups excluding carboxylic acids is 1. The summed E-state index contributed by atoms with van der Waals surface area (Å²) in [6.45, 7) is 3.94. The van der Waals surface area contributed by atoms with Crippen LogP contribution in [0.2, 0.25) is 0 Å². The molecule has 0 spiro atoms. The summed E-state index contributed by atoms with van der Waals surface area (Å²) in [5.41, 5.74) is 0.559. The van der Waals surface area contributed by atoms with Crippen LogP contribution in [0.3, 0.4) is 0 Å². The molecule has 9 heteroatoms. The van der Waals surface area contributed by atoms with Crippen LogP contribution in [0.1, 0.15) is 12.7 Å². The molecule has 1 unspecified atom stereocenters. The zero-order valence-corrected chi connectivity index (χ0v) is 16.9. The minimum Gasteiger partial charge on any atom is -0.463 e. The number of carbonyl (C=O) groups is 1. The summed E-state index contributed by atoms with van der Waals surface area (Å²) in [5, 5.41) is 2.84. The van der Waals surface area contributed by atoms with Gasteiger partial charge in [-0.1, -0.05) is 0 Å². The number of nitrogens with one attached hydrogen (secondary N) is 2. The van der Waals surface area contributed by atoms with Gasteiger partial charge in [-0.05, 0) is 43.3 Å². The summed E-state index contributed by atoms with van der Waals surface area (Å²) in [7, 11) is -1.62. The molecule has 28 heavy (non-hydrogen) atoms. The molecule has 0 radical (unpaired) electrons. The van der Waals surface area contributed by atoms with Crippen molar-refractivity contribution in [2.75, 3.05) is 38.7 Å². The van der Waals surface area contributed by atoms with E-state index < -0.39 is 10.0 Å². The smallest absolute Gasteiger partial charge is 0.282 e. The van der Waals surface area contributed by atoms with Gasteiger partial charge in [-0.15, -0.1) is 0 Å². The third-order valence-electron chi connectivity index (χ3n) is 4.90. The Morgan fingerprint density at radius 2 is 1.89 bits per heavy atom. The van der Waals surface area contributed by atoms with Crippen molar-refractivity contribution in [3.8, 4) is 0 Å². The van der Waals surface area contributed by atoms with Crippen molar-refractivity contribution in [2.24, 2.45) is 0 Å². The number of amides is 1. The van der Waals surface area contributed by atoms with Crippen LogP contribution in [0.5, 0.6) is 0 Å². The number of quaternary nitrogens is 1. The molecular weight excluding hydrogens is 382 g/mol. The fourth-order valence-electron chi connectivity index (χ4n) is 2.96. The normalized spacial score (nSPS) is 17.8. The van der Waals surface area contributed by atoms with Crippen LogP contribution in [-0.4, -0.2) is 58.0 Å². The van der Waals surface area contributed by atoms with Crippen molar-refractivity contribution in [1.82, 2.24) is 4.31 Å². The van der Waals surface area contributed by atoms with E-state index in [0.717, 1.165) is 10.7 Å². The quantitative estimate of drug-likeness (QED) is 0.689. The second-order valence-corrected chi connectivity index (χ2v) is 8.79. The summed E-state index contributed by atoms with van der Waals surface area (Å²) >= 11 is 0. The van der Waals surface area contributed by atoms with Crippen LogP contribution >= 0.6 is 0 Å². The van der Waals surface area contributed by atoms with E-state index in [9.17, 15) is 13.2 Å². The summed E-state index contributed by atoms with van der Waals surface area (Å²) in [6, 6.07) is 9.65. The first-order valence-corrected chi connectivity index (χ1v) is 10.7. The Hall–Kier alpha value is -2.20. The Balaban J connectivity index is 1.61. The van der Waals surface area contributed by atoms with Gasteiger partial charge in [0.25, 0.3) is 5.91 Å². The molecule has 1 saturated heterocycles. The summed E-state index contributed by atoms with van der Waals surface area (Å²) in [4.78, 5) is 13.7. The van der Waals surface area contributed by atoms with E-state index in [1.807, 2.05) is 26.1 Å². The topological polar surface area (TPSA) is 93.3 Å². The van der Waals surface area contributed by atoms with Gasteiger partial charge in [-0.2, -0.15) is 4.31 Å². The molecule has 0 saturated carbocycles. The minimum atomic E-state index is -3.54. The lowest BCUT2D eigenvalue weighted by Gasteiger charge is -2.26. The predicted octanol–water partition coefficient (Wildman–Crippen LogP) is 0.342. The van der Waals surface area contributed by atoms with Gasteiger partial charge in [0.05, 0.1) is 31.4 Å². The van der Waals surface area contributed by atoms with E-state index >= 15 is 0 Å². The summed E-state index contributed by atoms with van der Waals surface area (Å²) in [6.07, 6.45) is 1.61. The number of rotatable bonds is 7. The van der Waals surface area contributed by atoms with Crippen LogP contribution in [0.15, 0.2) is 52.0 Å². The maximum absolute atomic E-state index is 12.6. The van der Waals surface area contributed by atoms with Crippen LogP contribution < -0.4 is 10.2 Å². The number of sulfonamides is 1. The highest BCUT2D eigenvalue weighted by Crippen LogP contribution is 2.19. The van der Waals surface area contributed by atoms with Gasteiger partial charge >= 0.3 is 0 Å². The van der Waals surface area contributed by atoms with Crippen molar-refractivity contribution in [2.45, 2.75) is 24.4 Å². The van der Waals surface area contributed by atoms with Gasteiger partial charge in [-0.3, -0.25) is 4.79 Å². The first-order chi connectivity index (χ1) is 13.4. The monoisotopic (exact) mass is 408 g/mol. The second kappa shape index (κ2) is 8.87. The lowest BCUT2D eigenvalue weighted by molar-refractivity contribution is -0.908. The van der Waals surface area contributed by atoms with E-state index in [4.69, 9.17) is 9.15 Å². The van der Waals surface area contributed by atoms with Crippen molar-refractivity contribution in [3.05, 3.63) is 48.4 Å². The fourth-order valence-corrected chi connectivity index (χ4v) is 4.37. The highest BCUT2D eigenvalue weighted by Gasteiger charge is 2.27. The molecule has 3 rings (SSSR count). The third-order valence-corrected chi connectivity index (χ3v) is 6.81. The predicted molar refractivity (Wildman–Crippen MR) is 103 cm³/mol. The van der Waals surface area contributed by atoms with Gasteiger partial charge in [0.15, 0.2) is 11.8 Å². The summed E-state index contributed by atoms with van der Waals surface area (Å²) < 4.78 is 37.2. The molecule has 1 aliphatic heterocycles. The molecule has 2 heterocycles. The molecule has 2 N–H and O–H groups in total. The number of hydrogen-bond donors (Lipinski definition) is 2. The van der Waals surface area contributed by atoms with Crippen LogP contribution in [0.4, 0.5) is 5.69 Å². The first kappa shape index (κ1) is 20.5. The number of hydrogen-bond acceptors (Lipinski definition) is 5. The van der Waals surface area contributed by atoms with Crippen molar-refractivity contribution in [1.29, 1.82) is 0 Å². The van der Waals surface area contributed by atoms with Gasteiger partial charge in [0.1, 0.15) is 6.54 Å². The number of benzene rings is 1. The zero-order chi connectivity index (χ0) is 20.1. The zero-order valence-electron chi connectivity index (χ0n) is 16.1. The SMILES string of the molecule is C[C@@H](C(=O)Nc1ccc(S(=O)(=O)N2CCOCC2)cc1)[NH+](C)Cc1ccco1. The molecule has 0 bridgehead atoms. The Morgan fingerprint density at radius 3 is 2.50 bits per heavy atom. The lowest BCUT2D eigenvalue weighted by atomic mass is 10.2. The first-order valence-electron chi connectivity index (χ1n) is 9.21. The molecule has 1 aromatic carbocycles. The minimum absolute atomic E-state index is 0.146. The van der Waals surface area contributed by atoms with Crippen molar-refractivity contribution < 1.29 is 27.3 Å². The second-order valence-electron chi connectivity index (χ2n) is 6.85. The van der Waals surface area contributed by atoms with E-state index in [2.05, 4.69) is 5.32 Å². The number of ether oxygens (including phenoxy) is 1. The van der Waals surface area contributed by atoms with Gasteiger partial charge in [0.2, 0.25) is 10.0 Å². The van der Waals surface area contributed by atoms with Crippen molar-refractivity contribution >= 4 is 21.6 Å². The Labute approximate surface area is 165 Å². The number of morpholine rings is 1. The molecule has 1 aromatic heterocycles. The Bertz CT molecular complexity index is 875. The number of nitrogens with zero attached hydrogens (tertiary/aromatic N) is 1. The van der Waals surface area contributed by atoms with Crippen LogP contribution in [0, 0.1) is 0 Å². The standard InChI is InChI=1S/C19H25N3O5S/c1-15(21(2)14-17-4-3-11-27-17)19(23)20-16-5-7-18(8-6-16)28(24,25)22-9-12-26-13-10-22/h3-8,11,15H,9-10,12-14H2,1-2H3,(H,20,23)/p+1/t15-/m0/s1. The molecule has 1 fully saturated rings. The van der Waals surface area contributed by atoms with E-state index in [1.165, 1.54) is 16.4 Å². The number of anilines is 1. The highest BCUT2D eigenvalue weighted by molar-refractivity contribution is 7.89. The Morgan fingerprint density at radius 1 is 1.21 bits per heavy atom. The van der Waals surface area contributed by atoms with E-state index in [1.54, 1.807) is 18.4 Å². The third kappa shape index (κ3) is 4.79. The molecule has 1 amide bonds. The van der Waals surface area contributed by atoms with Crippen LogP contribution in [0.25, 0.3) is 0 Å². The Kier molecular flexibility index (Phi) is 6.50. The van der Waals surface area contributed by atoms with Crippen molar-refractivity contribution in [3.63, 3.8) is 0 Å². The molecule has 2 atom stereocenters.